The number of fused-ring (bicyclic) bond motifs is 1. The van der Waals surface area contributed by atoms with Crippen LogP contribution >= 0.6 is 11.6 Å². The zero-order valence-corrected chi connectivity index (χ0v) is 23.5. The van der Waals surface area contributed by atoms with Crippen LogP contribution in [0.5, 0.6) is 5.75 Å². The number of likely N-dealkylation sites (N-methyl/N-ethyl adjacent to an activating group) is 1. The van der Waals surface area contributed by atoms with E-state index in [9.17, 15) is 9.59 Å². The molecular formula is C27H33ClN8O3. The summed E-state index contributed by atoms with van der Waals surface area (Å²) in [5.41, 5.74) is 9.83. The van der Waals surface area contributed by atoms with Gasteiger partial charge in [-0.3, -0.25) is 19.5 Å². The first-order valence-corrected chi connectivity index (χ1v) is 13.1. The van der Waals surface area contributed by atoms with Crippen LogP contribution in [0.3, 0.4) is 0 Å². The zero-order valence-electron chi connectivity index (χ0n) is 22.8. The number of hydrogen-bond acceptors (Lipinski definition) is 8. The fourth-order valence-corrected chi connectivity index (χ4v) is 4.89. The van der Waals surface area contributed by atoms with Gasteiger partial charge >= 0.3 is 0 Å². The summed E-state index contributed by atoms with van der Waals surface area (Å²) in [6.45, 7) is 11.2. The molecule has 0 aromatic carbocycles. The first-order chi connectivity index (χ1) is 18.7. The largest absolute Gasteiger partial charge is 0.496 e. The lowest BCUT2D eigenvalue weighted by molar-refractivity contribution is -0.113. The van der Waals surface area contributed by atoms with Gasteiger partial charge in [0.2, 0.25) is 5.95 Å². The number of rotatable bonds is 10. The van der Waals surface area contributed by atoms with Crippen LogP contribution in [0.2, 0.25) is 5.15 Å². The third-order valence-corrected chi connectivity index (χ3v) is 7.06. The summed E-state index contributed by atoms with van der Waals surface area (Å²) in [7, 11) is 1.60. The van der Waals surface area contributed by atoms with Gasteiger partial charge in [0.05, 0.1) is 30.5 Å². The molecule has 0 aliphatic carbocycles. The lowest BCUT2D eigenvalue weighted by Crippen LogP contribution is -2.34. The molecule has 0 bridgehead atoms. The number of aromatic nitrogens is 4. The van der Waals surface area contributed by atoms with E-state index >= 15 is 0 Å². The molecule has 0 saturated heterocycles. The number of H-pyrrole nitrogens is 1. The van der Waals surface area contributed by atoms with E-state index in [1.165, 1.54) is 4.90 Å². The minimum Gasteiger partial charge on any atom is -0.496 e. The molecule has 39 heavy (non-hydrogen) atoms. The highest BCUT2D eigenvalue weighted by atomic mass is 35.5. The van der Waals surface area contributed by atoms with Gasteiger partial charge in [-0.25, -0.2) is 4.98 Å². The van der Waals surface area contributed by atoms with Gasteiger partial charge in [-0.05, 0) is 45.1 Å². The molecule has 3 aromatic rings. The Morgan fingerprint density at radius 2 is 2.00 bits per heavy atom. The summed E-state index contributed by atoms with van der Waals surface area (Å²) in [4.78, 5) is 46.0. The number of pyridine rings is 1. The van der Waals surface area contributed by atoms with Crippen LogP contribution in [-0.4, -0.2) is 69.9 Å². The van der Waals surface area contributed by atoms with Gasteiger partial charge in [-0.1, -0.05) is 25.4 Å². The minimum atomic E-state index is -0.340. The summed E-state index contributed by atoms with van der Waals surface area (Å²) in [6, 6.07) is 3.40. The number of methoxy groups -OCH3 is 1. The summed E-state index contributed by atoms with van der Waals surface area (Å²) in [5.74, 6) is 0.387. The van der Waals surface area contributed by atoms with Gasteiger partial charge in [0.15, 0.2) is 5.82 Å². The van der Waals surface area contributed by atoms with Crippen molar-refractivity contribution in [3.05, 3.63) is 57.3 Å². The Morgan fingerprint density at radius 3 is 2.69 bits per heavy atom. The molecule has 1 aliphatic rings. The molecule has 12 heteroatoms. The predicted octanol–water partition coefficient (Wildman–Crippen LogP) is 3.22. The van der Waals surface area contributed by atoms with Crippen LogP contribution < -0.4 is 20.7 Å². The molecule has 3 aromatic heterocycles. The molecule has 4 rings (SSSR count). The number of nitrogens with two attached hydrogens (primary N) is 1. The van der Waals surface area contributed by atoms with E-state index in [4.69, 9.17) is 22.1 Å². The van der Waals surface area contributed by atoms with Gasteiger partial charge in [0.1, 0.15) is 16.6 Å². The molecule has 0 unspecified atom stereocenters. The van der Waals surface area contributed by atoms with E-state index in [0.29, 0.717) is 40.8 Å². The van der Waals surface area contributed by atoms with E-state index in [1.807, 2.05) is 13.8 Å². The van der Waals surface area contributed by atoms with E-state index in [-0.39, 0.29) is 35.0 Å². The number of nitrogens with zero attached hydrogens (tertiary/aromatic N) is 5. The Balaban J connectivity index is 1.62. The average molecular weight is 553 g/mol. The highest BCUT2D eigenvalue weighted by molar-refractivity contribution is 6.41. The maximum absolute atomic E-state index is 13.7. The van der Waals surface area contributed by atoms with E-state index in [2.05, 4.69) is 44.0 Å². The number of ether oxygens (including phenoxy) is 1. The Hall–Kier alpha value is -3.96. The molecule has 0 radical (unpaired) electrons. The number of halogens is 1. The van der Waals surface area contributed by atoms with Crippen molar-refractivity contribution in [3.63, 3.8) is 0 Å². The number of carbonyl (C=O) groups is 2. The summed E-state index contributed by atoms with van der Waals surface area (Å²) in [5, 5.41) is 2.98. The Bertz CT molecular complexity index is 1430. The van der Waals surface area contributed by atoms with Crippen LogP contribution in [0.4, 0.5) is 11.8 Å². The normalized spacial score (nSPS) is 13.9. The lowest BCUT2D eigenvalue weighted by Gasteiger charge is -2.19. The molecule has 4 N–H and O–H groups in total. The standard InChI is InChI=1S/C27H33ClN8O3/c1-6-35(7-2)11-10-30-25(37)19-9-8-17(32-19)12-18-21-23(28)33-27(29)34-24(21)36(26(18)38)14-20-16(4)22(39-5)15(3)13-31-20/h8-9,12-13,32H,6-7,10-11,14H2,1-5H3,(H,30,37)(H2,29,33,34)/b18-12+. The molecular weight excluding hydrogens is 520 g/mol. The maximum atomic E-state index is 13.7. The molecule has 1 aliphatic heterocycles. The van der Waals surface area contributed by atoms with Crippen LogP contribution in [0.1, 0.15) is 52.4 Å². The van der Waals surface area contributed by atoms with E-state index < -0.39 is 0 Å². The number of amides is 2. The van der Waals surface area contributed by atoms with Crippen LogP contribution in [0.15, 0.2) is 18.3 Å². The fourth-order valence-electron chi connectivity index (χ4n) is 4.62. The van der Waals surface area contributed by atoms with Crippen molar-refractivity contribution in [2.75, 3.05) is 43.9 Å². The van der Waals surface area contributed by atoms with Crippen molar-refractivity contribution in [2.45, 2.75) is 34.2 Å². The number of nitrogen functional groups attached to an aromatic ring is 1. The molecule has 2 amide bonds. The summed E-state index contributed by atoms with van der Waals surface area (Å²) < 4.78 is 5.52. The van der Waals surface area contributed by atoms with Crippen molar-refractivity contribution in [3.8, 4) is 5.75 Å². The number of aryl methyl sites for hydroxylation is 1. The van der Waals surface area contributed by atoms with Gasteiger partial charge in [-0.15, -0.1) is 0 Å². The second-order valence-electron chi connectivity index (χ2n) is 9.18. The maximum Gasteiger partial charge on any atom is 0.267 e. The van der Waals surface area contributed by atoms with Crippen molar-refractivity contribution in [2.24, 2.45) is 0 Å². The van der Waals surface area contributed by atoms with Crippen LogP contribution in [0, 0.1) is 13.8 Å². The highest BCUT2D eigenvalue weighted by Gasteiger charge is 2.37. The number of nitrogens with one attached hydrogen (secondary N) is 2. The Labute approximate surface area is 232 Å². The van der Waals surface area contributed by atoms with Gasteiger partial charge < -0.3 is 25.7 Å². The molecule has 0 fully saturated rings. The van der Waals surface area contributed by atoms with Gasteiger partial charge in [-0.2, -0.15) is 4.98 Å². The minimum absolute atomic E-state index is 0.0486. The Morgan fingerprint density at radius 1 is 1.26 bits per heavy atom. The quantitative estimate of drug-likeness (QED) is 0.257. The smallest absolute Gasteiger partial charge is 0.267 e. The van der Waals surface area contributed by atoms with Crippen molar-refractivity contribution in [1.82, 2.24) is 30.2 Å². The first-order valence-electron chi connectivity index (χ1n) is 12.7. The highest BCUT2D eigenvalue weighted by Crippen LogP contribution is 2.41. The Kier molecular flexibility index (Phi) is 8.51. The fraction of sp³-hybridized carbons (Fsp3) is 0.370. The lowest BCUT2D eigenvalue weighted by atomic mass is 10.1. The third-order valence-electron chi connectivity index (χ3n) is 6.78. The first kappa shape index (κ1) is 28.1. The second kappa shape index (κ2) is 11.8. The summed E-state index contributed by atoms with van der Waals surface area (Å²) in [6.07, 6.45) is 3.34. The van der Waals surface area contributed by atoms with E-state index in [0.717, 1.165) is 30.8 Å². The van der Waals surface area contributed by atoms with Crippen molar-refractivity contribution < 1.29 is 14.3 Å². The molecule has 4 heterocycles. The zero-order chi connectivity index (χ0) is 28.3. The van der Waals surface area contributed by atoms with Crippen molar-refractivity contribution >= 4 is 46.8 Å². The molecule has 11 nitrogen and oxygen atoms in total. The molecule has 0 saturated carbocycles. The second-order valence-corrected chi connectivity index (χ2v) is 9.53. The topological polar surface area (TPSA) is 142 Å². The predicted molar refractivity (Wildman–Crippen MR) is 152 cm³/mol. The van der Waals surface area contributed by atoms with Gasteiger partial charge in [0.25, 0.3) is 11.8 Å². The molecule has 206 valence electrons. The third kappa shape index (κ3) is 5.74. The average Bonchev–Trinajstić information content (AvgIpc) is 3.47. The molecule has 0 atom stereocenters. The summed E-state index contributed by atoms with van der Waals surface area (Å²) >= 11 is 6.47. The number of carbonyl (C=O) groups excluding carboxylic acids is 2. The van der Waals surface area contributed by atoms with Crippen molar-refractivity contribution in [1.29, 1.82) is 0 Å². The van der Waals surface area contributed by atoms with Crippen LogP contribution in [-0.2, 0) is 11.3 Å². The van der Waals surface area contributed by atoms with Gasteiger partial charge in [0, 0.05) is 36.1 Å². The van der Waals surface area contributed by atoms with Crippen LogP contribution in [0.25, 0.3) is 11.6 Å². The number of anilines is 2. The monoisotopic (exact) mass is 552 g/mol. The molecule has 0 spiro atoms. The number of aromatic amines is 1. The number of hydrogen-bond donors (Lipinski definition) is 3. The van der Waals surface area contributed by atoms with E-state index in [1.54, 1.807) is 31.5 Å². The SMILES string of the molecule is CCN(CC)CCNC(=O)c1ccc(/C=C2/C(=O)N(Cc3ncc(C)c(OC)c3C)c3nc(N)nc(Cl)c32)[nH]1.